The number of fused-ring (bicyclic) bond motifs is 1. The van der Waals surface area contributed by atoms with Crippen molar-refractivity contribution < 1.29 is 27.8 Å². The van der Waals surface area contributed by atoms with Crippen LogP contribution in [0.4, 0.5) is 18.0 Å². The van der Waals surface area contributed by atoms with Gasteiger partial charge in [-0.3, -0.25) is 14.2 Å². The molecule has 3 saturated heterocycles. The molecule has 1 aromatic carbocycles. The number of halogens is 3. The smallest absolute Gasteiger partial charge is 0.416 e. The minimum Gasteiger partial charge on any atom is -0.441 e. The molecule has 3 aliphatic heterocycles. The number of rotatable bonds is 7. The van der Waals surface area contributed by atoms with Gasteiger partial charge in [0.05, 0.1) is 12.1 Å². The lowest BCUT2D eigenvalue weighted by Crippen LogP contribution is -2.47. The normalized spacial score (nSPS) is 25.7. The van der Waals surface area contributed by atoms with Gasteiger partial charge in [0.2, 0.25) is 0 Å². The Kier molecular flexibility index (Phi) is 8.71. The first-order chi connectivity index (χ1) is 22.2. The summed E-state index contributed by atoms with van der Waals surface area (Å²) >= 11 is 0. The van der Waals surface area contributed by atoms with Crippen LogP contribution in [-0.2, 0) is 17.5 Å². The van der Waals surface area contributed by atoms with E-state index in [1.165, 1.54) is 0 Å². The molecule has 12 heteroatoms. The molecule has 248 valence electrons. The SMILES string of the molecule is O=C1OC2(CCN(Cc3ccc(C(F)(F)F)cc3)CC2)CN1CC1CCC(C(O)N2CCC(c3nnc4ccccn34)CC2)CC1. The Balaban J connectivity index is 0.839. The van der Waals surface area contributed by atoms with Gasteiger partial charge >= 0.3 is 12.3 Å². The Labute approximate surface area is 267 Å². The average Bonchev–Trinajstić information content (AvgIpc) is 3.63. The van der Waals surface area contributed by atoms with Gasteiger partial charge in [-0.25, -0.2) is 4.79 Å². The van der Waals surface area contributed by atoms with Gasteiger partial charge in [-0.05, 0) is 80.2 Å². The number of aliphatic hydroxyl groups is 1. The van der Waals surface area contributed by atoms with Gasteiger partial charge in [-0.1, -0.05) is 18.2 Å². The van der Waals surface area contributed by atoms with E-state index >= 15 is 0 Å². The third kappa shape index (κ3) is 6.61. The van der Waals surface area contributed by atoms with Crippen LogP contribution in [0.3, 0.4) is 0 Å². The van der Waals surface area contributed by atoms with Crippen molar-refractivity contribution in [3.05, 3.63) is 65.6 Å². The Morgan fingerprint density at radius 1 is 0.935 bits per heavy atom. The number of aliphatic hydroxyl groups excluding tert-OH is 1. The molecule has 7 rings (SSSR count). The summed E-state index contributed by atoms with van der Waals surface area (Å²) in [5.74, 6) is 1.99. The molecule has 4 fully saturated rings. The molecule has 1 unspecified atom stereocenters. The summed E-state index contributed by atoms with van der Waals surface area (Å²) in [4.78, 5) is 19.2. The molecule has 1 saturated carbocycles. The molecule has 0 radical (unpaired) electrons. The minimum absolute atomic E-state index is 0.235. The third-order valence-electron chi connectivity index (χ3n) is 10.9. The lowest BCUT2D eigenvalue weighted by molar-refractivity contribution is -0.137. The molecular weight excluding hydrogens is 597 g/mol. The molecule has 1 N–H and O–H groups in total. The molecule has 1 amide bonds. The lowest BCUT2D eigenvalue weighted by atomic mass is 9.80. The van der Waals surface area contributed by atoms with Crippen molar-refractivity contribution in [3.8, 4) is 0 Å². The van der Waals surface area contributed by atoms with E-state index in [9.17, 15) is 23.1 Å². The van der Waals surface area contributed by atoms with Crippen LogP contribution in [-0.4, -0.2) is 91.6 Å². The number of hydrogen-bond acceptors (Lipinski definition) is 7. The van der Waals surface area contributed by atoms with E-state index in [4.69, 9.17) is 4.74 Å². The summed E-state index contributed by atoms with van der Waals surface area (Å²) in [7, 11) is 0. The molecule has 3 aromatic rings. The highest BCUT2D eigenvalue weighted by Gasteiger charge is 2.47. The van der Waals surface area contributed by atoms with Crippen molar-refractivity contribution >= 4 is 11.7 Å². The van der Waals surface area contributed by atoms with Crippen molar-refractivity contribution in [3.63, 3.8) is 0 Å². The van der Waals surface area contributed by atoms with Crippen molar-refractivity contribution in [1.82, 2.24) is 29.3 Å². The standard InChI is InChI=1S/C34H43F3N6O3/c35-34(36,37)28-10-6-24(7-11-28)21-40-19-14-33(15-20-40)23-42(32(45)46-33)22-25-4-8-27(9-5-25)31(44)41-17-12-26(13-18-41)30-39-38-29-3-1-2-16-43(29)30/h1-3,6-7,10-11,16,25-27,31,44H,4-5,8-9,12-15,17-23H2. The maximum Gasteiger partial charge on any atom is 0.416 e. The number of likely N-dealkylation sites (tertiary alicyclic amines) is 2. The number of carbonyl (C=O) groups is 1. The Morgan fingerprint density at radius 3 is 2.35 bits per heavy atom. The van der Waals surface area contributed by atoms with Crippen LogP contribution in [0, 0.1) is 11.8 Å². The Bertz CT molecular complexity index is 1490. The number of alkyl halides is 3. The highest BCUT2D eigenvalue weighted by atomic mass is 19.4. The molecule has 0 bridgehead atoms. The predicted octanol–water partition coefficient (Wildman–Crippen LogP) is 5.54. The maximum absolute atomic E-state index is 12.9. The van der Waals surface area contributed by atoms with Crippen LogP contribution in [0.15, 0.2) is 48.7 Å². The van der Waals surface area contributed by atoms with Crippen LogP contribution in [0.25, 0.3) is 5.65 Å². The number of amides is 1. The predicted molar refractivity (Wildman–Crippen MR) is 165 cm³/mol. The summed E-state index contributed by atoms with van der Waals surface area (Å²) in [5, 5.41) is 20.0. The van der Waals surface area contributed by atoms with Crippen LogP contribution >= 0.6 is 0 Å². The van der Waals surface area contributed by atoms with Crippen molar-refractivity contribution in [2.75, 3.05) is 39.3 Å². The number of ether oxygens (including phenoxy) is 1. The Morgan fingerprint density at radius 2 is 1.65 bits per heavy atom. The van der Waals surface area contributed by atoms with Gasteiger partial charge in [0.25, 0.3) is 0 Å². The van der Waals surface area contributed by atoms with Crippen molar-refractivity contribution in [1.29, 1.82) is 0 Å². The number of hydrogen-bond donors (Lipinski definition) is 1. The number of piperidine rings is 2. The molecule has 1 atom stereocenters. The number of nitrogens with zero attached hydrogens (tertiary/aromatic N) is 6. The second-order valence-corrected chi connectivity index (χ2v) is 13.9. The zero-order valence-corrected chi connectivity index (χ0v) is 26.1. The molecule has 5 heterocycles. The van der Waals surface area contributed by atoms with Gasteiger partial charge in [0.1, 0.15) is 17.7 Å². The molecule has 9 nitrogen and oxygen atoms in total. The van der Waals surface area contributed by atoms with E-state index in [1.54, 1.807) is 12.1 Å². The first kappa shape index (κ1) is 31.4. The summed E-state index contributed by atoms with van der Waals surface area (Å²) in [6.45, 7) is 5.02. The first-order valence-corrected chi connectivity index (χ1v) is 16.7. The second-order valence-electron chi connectivity index (χ2n) is 13.9. The molecular formula is C34H43F3N6O3. The maximum atomic E-state index is 12.9. The van der Waals surface area contributed by atoms with Crippen LogP contribution in [0.1, 0.15) is 74.2 Å². The fourth-order valence-electron chi connectivity index (χ4n) is 8.11. The van der Waals surface area contributed by atoms with Crippen LogP contribution in [0.5, 0.6) is 0 Å². The van der Waals surface area contributed by atoms with Gasteiger partial charge < -0.3 is 14.7 Å². The summed E-state index contributed by atoms with van der Waals surface area (Å²) in [6.07, 6.45) is 4.24. The number of pyridine rings is 1. The number of aromatic nitrogens is 3. The highest BCUT2D eigenvalue weighted by Crippen LogP contribution is 2.38. The molecule has 46 heavy (non-hydrogen) atoms. The van der Waals surface area contributed by atoms with Gasteiger partial charge in [0, 0.05) is 64.2 Å². The summed E-state index contributed by atoms with van der Waals surface area (Å²) in [5.41, 5.74) is 0.603. The lowest BCUT2D eigenvalue weighted by Gasteiger charge is -2.40. The monoisotopic (exact) mass is 640 g/mol. The van der Waals surface area contributed by atoms with E-state index < -0.39 is 23.6 Å². The molecule has 1 spiro atoms. The van der Waals surface area contributed by atoms with E-state index in [0.29, 0.717) is 31.5 Å². The molecule has 1 aliphatic carbocycles. The van der Waals surface area contributed by atoms with Crippen molar-refractivity contribution in [2.24, 2.45) is 11.8 Å². The zero-order valence-electron chi connectivity index (χ0n) is 26.1. The first-order valence-electron chi connectivity index (χ1n) is 16.7. The molecule has 4 aliphatic rings. The summed E-state index contributed by atoms with van der Waals surface area (Å²) < 4.78 is 46.7. The average molecular weight is 641 g/mol. The van der Waals surface area contributed by atoms with Gasteiger partial charge in [-0.2, -0.15) is 13.2 Å². The van der Waals surface area contributed by atoms with Gasteiger partial charge in [-0.15, -0.1) is 10.2 Å². The highest BCUT2D eigenvalue weighted by molar-refractivity contribution is 5.70. The summed E-state index contributed by atoms with van der Waals surface area (Å²) in [6, 6.07) is 11.3. The zero-order chi connectivity index (χ0) is 31.9. The topological polar surface area (TPSA) is 86.4 Å². The largest absolute Gasteiger partial charge is 0.441 e. The fraction of sp³-hybridized carbons (Fsp3) is 0.618. The second kappa shape index (κ2) is 12.8. The Hall–Kier alpha value is -3.22. The van der Waals surface area contributed by atoms with E-state index in [0.717, 1.165) is 107 Å². The minimum atomic E-state index is -4.33. The van der Waals surface area contributed by atoms with Gasteiger partial charge in [0.15, 0.2) is 5.65 Å². The molecule has 2 aromatic heterocycles. The van der Waals surface area contributed by atoms with Crippen molar-refractivity contribution in [2.45, 2.75) is 81.8 Å². The van der Waals surface area contributed by atoms with Crippen LogP contribution < -0.4 is 0 Å². The van der Waals surface area contributed by atoms with E-state index in [-0.39, 0.29) is 12.0 Å². The quantitative estimate of drug-likeness (QED) is 0.363. The van der Waals surface area contributed by atoms with Crippen LogP contribution in [0.2, 0.25) is 0 Å². The third-order valence-corrected chi connectivity index (χ3v) is 10.9. The van der Waals surface area contributed by atoms with E-state index in [2.05, 4.69) is 24.4 Å². The number of benzene rings is 1. The number of carbonyl (C=O) groups excluding carboxylic acids is 1. The van der Waals surface area contributed by atoms with E-state index in [1.807, 2.05) is 29.3 Å². The fourth-order valence-corrected chi connectivity index (χ4v) is 8.11.